The Hall–Kier alpha value is -3.39. The van der Waals surface area contributed by atoms with Gasteiger partial charge in [0.15, 0.2) is 5.69 Å². The SMILES string of the molecule is COc1ccc(C2Cn3nnc(C(=O)Nc4cccc(OC)c4)c3CO2)cc1. The fourth-order valence-electron chi connectivity index (χ4n) is 3.10. The molecule has 3 aromatic rings. The number of benzene rings is 2. The standard InChI is InChI=1S/C20H20N4O4/c1-26-15-8-6-13(7-9-15)18-11-24-17(12-28-18)19(22-23-24)20(25)21-14-4-3-5-16(10-14)27-2/h3-10,18H,11-12H2,1-2H3,(H,21,25). The number of methoxy groups -OCH3 is 2. The predicted molar refractivity (Wildman–Crippen MR) is 101 cm³/mol. The summed E-state index contributed by atoms with van der Waals surface area (Å²) in [7, 11) is 3.21. The zero-order valence-electron chi connectivity index (χ0n) is 15.6. The van der Waals surface area contributed by atoms with Crippen LogP contribution in [0.3, 0.4) is 0 Å². The molecule has 0 saturated heterocycles. The number of ether oxygens (including phenoxy) is 3. The number of carbonyl (C=O) groups is 1. The van der Waals surface area contributed by atoms with Gasteiger partial charge in [-0.1, -0.05) is 23.4 Å². The maximum atomic E-state index is 12.6. The first-order valence-electron chi connectivity index (χ1n) is 8.81. The van der Waals surface area contributed by atoms with Crippen LogP contribution in [-0.2, 0) is 17.9 Å². The molecular formula is C20H20N4O4. The van der Waals surface area contributed by atoms with Crippen LogP contribution in [-0.4, -0.2) is 35.1 Å². The Kier molecular flexibility index (Phi) is 4.94. The molecule has 1 unspecified atom stereocenters. The van der Waals surface area contributed by atoms with E-state index in [9.17, 15) is 4.79 Å². The topological polar surface area (TPSA) is 87.5 Å². The highest BCUT2D eigenvalue weighted by Gasteiger charge is 2.27. The van der Waals surface area contributed by atoms with Crippen molar-refractivity contribution >= 4 is 11.6 Å². The molecular weight excluding hydrogens is 360 g/mol. The van der Waals surface area contributed by atoms with Gasteiger partial charge in [0.2, 0.25) is 0 Å². The number of hydrogen-bond acceptors (Lipinski definition) is 6. The van der Waals surface area contributed by atoms with Crippen LogP contribution in [0.5, 0.6) is 11.5 Å². The molecule has 1 aliphatic heterocycles. The van der Waals surface area contributed by atoms with Gasteiger partial charge in [0.05, 0.1) is 33.1 Å². The lowest BCUT2D eigenvalue weighted by atomic mass is 10.1. The molecule has 0 spiro atoms. The molecule has 0 aliphatic carbocycles. The lowest BCUT2D eigenvalue weighted by Crippen LogP contribution is -2.24. The molecule has 144 valence electrons. The second-order valence-corrected chi connectivity index (χ2v) is 6.33. The van der Waals surface area contributed by atoms with Gasteiger partial charge >= 0.3 is 0 Å². The Bertz CT molecular complexity index is 984. The molecule has 2 aromatic carbocycles. The third-order valence-electron chi connectivity index (χ3n) is 4.63. The summed E-state index contributed by atoms with van der Waals surface area (Å²) in [6.07, 6.45) is -0.158. The van der Waals surface area contributed by atoms with E-state index in [2.05, 4.69) is 15.6 Å². The molecule has 4 rings (SSSR count). The van der Waals surface area contributed by atoms with Crippen LogP contribution in [0.1, 0.15) is 27.8 Å². The zero-order chi connectivity index (χ0) is 19.5. The summed E-state index contributed by atoms with van der Waals surface area (Å²) in [4.78, 5) is 12.6. The lowest BCUT2D eigenvalue weighted by molar-refractivity contribution is -0.00173. The van der Waals surface area contributed by atoms with Crippen molar-refractivity contribution in [2.45, 2.75) is 19.3 Å². The van der Waals surface area contributed by atoms with Crippen molar-refractivity contribution in [3.05, 3.63) is 65.5 Å². The Morgan fingerprint density at radius 2 is 1.93 bits per heavy atom. The van der Waals surface area contributed by atoms with Gasteiger partial charge in [-0.05, 0) is 29.8 Å². The molecule has 8 nitrogen and oxygen atoms in total. The number of hydrogen-bond donors (Lipinski definition) is 1. The fourth-order valence-corrected chi connectivity index (χ4v) is 3.10. The normalized spacial score (nSPS) is 15.6. The number of aromatic nitrogens is 3. The van der Waals surface area contributed by atoms with Gasteiger partial charge in [-0.25, -0.2) is 4.68 Å². The van der Waals surface area contributed by atoms with Crippen molar-refractivity contribution in [1.29, 1.82) is 0 Å². The number of anilines is 1. The molecule has 1 N–H and O–H groups in total. The predicted octanol–water partition coefficient (Wildman–Crippen LogP) is 2.82. The van der Waals surface area contributed by atoms with Crippen LogP contribution in [0.2, 0.25) is 0 Å². The molecule has 0 bridgehead atoms. The molecule has 1 amide bonds. The largest absolute Gasteiger partial charge is 0.497 e. The summed E-state index contributed by atoms with van der Waals surface area (Å²) >= 11 is 0. The highest BCUT2D eigenvalue weighted by molar-refractivity contribution is 6.03. The van der Waals surface area contributed by atoms with Gasteiger partial charge in [0, 0.05) is 11.8 Å². The summed E-state index contributed by atoms with van der Waals surface area (Å²) in [5.74, 6) is 1.12. The average molecular weight is 380 g/mol. The minimum atomic E-state index is -0.332. The van der Waals surface area contributed by atoms with Crippen molar-refractivity contribution in [1.82, 2.24) is 15.0 Å². The van der Waals surface area contributed by atoms with Crippen LogP contribution >= 0.6 is 0 Å². The molecule has 1 aromatic heterocycles. The Balaban J connectivity index is 1.49. The highest BCUT2D eigenvalue weighted by Crippen LogP contribution is 2.28. The number of rotatable bonds is 5. The summed E-state index contributed by atoms with van der Waals surface area (Å²) in [6.45, 7) is 0.742. The number of amides is 1. The van der Waals surface area contributed by atoms with Gasteiger partial charge in [-0.2, -0.15) is 0 Å². The second-order valence-electron chi connectivity index (χ2n) is 6.33. The van der Waals surface area contributed by atoms with Crippen molar-refractivity contribution in [2.24, 2.45) is 0 Å². The van der Waals surface area contributed by atoms with Gasteiger partial charge in [-0.15, -0.1) is 5.10 Å². The number of carbonyl (C=O) groups excluding carboxylic acids is 1. The first kappa shape index (κ1) is 18.0. The van der Waals surface area contributed by atoms with E-state index < -0.39 is 0 Å². The van der Waals surface area contributed by atoms with Gasteiger partial charge < -0.3 is 19.5 Å². The maximum absolute atomic E-state index is 12.6. The number of fused-ring (bicyclic) bond motifs is 1. The van der Waals surface area contributed by atoms with E-state index in [0.29, 0.717) is 23.7 Å². The van der Waals surface area contributed by atoms with E-state index >= 15 is 0 Å². The third-order valence-corrected chi connectivity index (χ3v) is 4.63. The maximum Gasteiger partial charge on any atom is 0.278 e. The van der Waals surface area contributed by atoms with Gasteiger partial charge in [0.1, 0.15) is 17.6 Å². The molecule has 0 saturated carbocycles. The lowest BCUT2D eigenvalue weighted by Gasteiger charge is -2.24. The van der Waals surface area contributed by atoms with E-state index in [4.69, 9.17) is 14.2 Å². The number of nitrogens with zero attached hydrogens (tertiary/aromatic N) is 3. The summed E-state index contributed by atoms with van der Waals surface area (Å²) < 4.78 is 18.0. The van der Waals surface area contributed by atoms with Crippen molar-refractivity contribution in [3.8, 4) is 11.5 Å². The van der Waals surface area contributed by atoms with Crippen molar-refractivity contribution in [2.75, 3.05) is 19.5 Å². The first-order chi connectivity index (χ1) is 13.7. The molecule has 0 fully saturated rings. The van der Waals surface area contributed by atoms with E-state index in [1.807, 2.05) is 30.3 Å². The smallest absolute Gasteiger partial charge is 0.278 e. The molecule has 8 heteroatoms. The monoisotopic (exact) mass is 380 g/mol. The molecule has 0 radical (unpaired) electrons. The fraction of sp³-hybridized carbons (Fsp3) is 0.250. The minimum absolute atomic E-state index is 0.158. The second kappa shape index (κ2) is 7.69. The van der Waals surface area contributed by atoms with Crippen molar-refractivity contribution in [3.63, 3.8) is 0 Å². The van der Waals surface area contributed by atoms with E-state index in [-0.39, 0.29) is 24.3 Å². The van der Waals surface area contributed by atoms with Crippen LogP contribution in [0.25, 0.3) is 0 Å². The molecule has 28 heavy (non-hydrogen) atoms. The summed E-state index contributed by atoms with van der Waals surface area (Å²) in [5.41, 5.74) is 2.56. The minimum Gasteiger partial charge on any atom is -0.497 e. The van der Waals surface area contributed by atoms with Crippen LogP contribution in [0.4, 0.5) is 5.69 Å². The number of nitrogens with one attached hydrogen (secondary N) is 1. The highest BCUT2D eigenvalue weighted by atomic mass is 16.5. The molecule has 2 heterocycles. The summed E-state index contributed by atoms with van der Waals surface area (Å²) in [5, 5.41) is 11.0. The third kappa shape index (κ3) is 3.54. The Morgan fingerprint density at radius 1 is 1.14 bits per heavy atom. The Morgan fingerprint density at radius 3 is 2.68 bits per heavy atom. The first-order valence-corrected chi connectivity index (χ1v) is 8.81. The average Bonchev–Trinajstić information content (AvgIpc) is 3.17. The molecule has 1 atom stereocenters. The quantitative estimate of drug-likeness (QED) is 0.732. The zero-order valence-corrected chi connectivity index (χ0v) is 15.6. The van der Waals surface area contributed by atoms with Gasteiger partial charge in [-0.3, -0.25) is 4.79 Å². The summed E-state index contributed by atoms with van der Waals surface area (Å²) in [6, 6.07) is 14.8. The Labute approximate surface area is 162 Å². The molecule has 1 aliphatic rings. The van der Waals surface area contributed by atoms with Gasteiger partial charge in [0.25, 0.3) is 5.91 Å². The van der Waals surface area contributed by atoms with Crippen LogP contribution < -0.4 is 14.8 Å². The van der Waals surface area contributed by atoms with Crippen molar-refractivity contribution < 1.29 is 19.0 Å². The van der Waals surface area contributed by atoms with Crippen LogP contribution in [0.15, 0.2) is 48.5 Å². The van der Waals surface area contributed by atoms with Crippen LogP contribution in [0, 0.1) is 0 Å². The van der Waals surface area contributed by atoms with E-state index in [1.54, 1.807) is 37.1 Å². The van der Waals surface area contributed by atoms with E-state index in [0.717, 1.165) is 11.3 Å². The van der Waals surface area contributed by atoms with E-state index in [1.165, 1.54) is 0 Å².